The van der Waals surface area contributed by atoms with Gasteiger partial charge in [0.15, 0.2) is 5.78 Å². The van der Waals surface area contributed by atoms with Gasteiger partial charge in [0, 0.05) is 18.9 Å². The van der Waals surface area contributed by atoms with Crippen LogP contribution in [0.4, 0.5) is 0 Å². The van der Waals surface area contributed by atoms with E-state index in [-0.39, 0.29) is 11.2 Å². The van der Waals surface area contributed by atoms with Crippen molar-refractivity contribution in [1.29, 1.82) is 0 Å². The molecule has 0 spiro atoms. The predicted molar refractivity (Wildman–Crippen MR) is 69.5 cm³/mol. The van der Waals surface area contributed by atoms with Crippen LogP contribution in [-0.2, 0) is 12.0 Å². The zero-order valence-electron chi connectivity index (χ0n) is 11.7. The third-order valence-electron chi connectivity index (χ3n) is 2.67. The Labute approximate surface area is 104 Å². The van der Waals surface area contributed by atoms with Gasteiger partial charge in [-0.3, -0.25) is 9.48 Å². The summed E-state index contributed by atoms with van der Waals surface area (Å²) < 4.78 is 1.82. The number of carbonyl (C=O) groups excluding carboxylic acids is 1. The van der Waals surface area contributed by atoms with E-state index in [4.69, 9.17) is 0 Å². The Bertz CT molecular complexity index is 399. The molecule has 17 heavy (non-hydrogen) atoms. The fourth-order valence-electron chi connectivity index (χ4n) is 1.53. The minimum Gasteiger partial charge on any atom is -0.308 e. The summed E-state index contributed by atoms with van der Waals surface area (Å²) >= 11 is 0. The number of hydrogen-bond acceptors (Lipinski definition) is 3. The minimum atomic E-state index is -0.0203. The fraction of sp³-hybridized carbons (Fsp3) is 0.692. The van der Waals surface area contributed by atoms with Crippen LogP contribution < -0.4 is 0 Å². The number of Topliss-reactive ketones (excluding diaryl/α,β-unsaturated/α-hetero) is 1. The molecular weight excluding hydrogens is 214 g/mol. The highest BCUT2D eigenvalue weighted by molar-refractivity contribution is 5.92. The lowest BCUT2D eigenvalue weighted by Crippen LogP contribution is -2.21. The lowest BCUT2D eigenvalue weighted by atomic mass is 9.92. The Kier molecular flexibility index (Phi) is 4.09. The molecule has 96 valence electrons. The molecule has 0 aromatic carbocycles. The fourth-order valence-corrected chi connectivity index (χ4v) is 1.53. The largest absolute Gasteiger partial charge is 0.308 e. The summed E-state index contributed by atoms with van der Waals surface area (Å²) in [6, 6.07) is 1.91. The van der Waals surface area contributed by atoms with E-state index < -0.39 is 0 Å². The Morgan fingerprint density at radius 3 is 2.41 bits per heavy atom. The zero-order valence-corrected chi connectivity index (χ0v) is 11.7. The second-order valence-electron chi connectivity index (χ2n) is 5.75. The Hall–Kier alpha value is -1.16. The summed E-state index contributed by atoms with van der Waals surface area (Å²) in [6.07, 6.45) is 0. The van der Waals surface area contributed by atoms with Gasteiger partial charge in [0.2, 0.25) is 0 Å². The van der Waals surface area contributed by atoms with Gasteiger partial charge < -0.3 is 4.90 Å². The SMILES string of the molecule is CC(=O)c1cc(C(C)(C)C)nn1CCN(C)C. The highest BCUT2D eigenvalue weighted by Gasteiger charge is 2.21. The molecule has 0 N–H and O–H groups in total. The molecule has 0 saturated heterocycles. The molecule has 0 atom stereocenters. The first-order valence-electron chi connectivity index (χ1n) is 5.96. The molecule has 4 heteroatoms. The summed E-state index contributed by atoms with van der Waals surface area (Å²) in [5.41, 5.74) is 1.66. The van der Waals surface area contributed by atoms with Crippen molar-refractivity contribution in [3.05, 3.63) is 17.5 Å². The summed E-state index contributed by atoms with van der Waals surface area (Å²) in [5.74, 6) is 0.0757. The van der Waals surface area contributed by atoms with Crippen molar-refractivity contribution in [2.24, 2.45) is 0 Å². The normalized spacial score (nSPS) is 12.2. The number of hydrogen-bond donors (Lipinski definition) is 0. The van der Waals surface area contributed by atoms with Crippen LogP contribution in [0, 0.1) is 0 Å². The standard InChI is InChI=1S/C13H23N3O/c1-10(17)11-9-12(13(2,3)4)14-16(11)8-7-15(5)6/h9H,7-8H2,1-6H3. The molecule has 0 unspecified atom stereocenters. The van der Waals surface area contributed by atoms with E-state index in [1.165, 1.54) is 0 Å². The van der Waals surface area contributed by atoms with E-state index >= 15 is 0 Å². The van der Waals surface area contributed by atoms with E-state index in [1.807, 2.05) is 24.8 Å². The maximum Gasteiger partial charge on any atom is 0.177 e. The van der Waals surface area contributed by atoms with E-state index in [0.29, 0.717) is 5.69 Å². The maximum absolute atomic E-state index is 11.6. The first-order valence-corrected chi connectivity index (χ1v) is 5.96. The second kappa shape index (κ2) is 5.00. The van der Waals surface area contributed by atoms with Gasteiger partial charge in [0.1, 0.15) is 5.69 Å². The van der Waals surface area contributed by atoms with Crippen molar-refractivity contribution >= 4 is 5.78 Å². The first-order chi connectivity index (χ1) is 7.71. The minimum absolute atomic E-state index is 0.0203. The molecule has 0 radical (unpaired) electrons. The summed E-state index contributed by atoms with van der Waals surface area (Å²) in [4.78, 5) is 13.7. The van der Waals surface area contributed by atoms with Crippen LogP contribution in [0.5, 0.6) is 0 Å². The van der Waals surface area contributed by atoms with Gasteiger partial charge in [0.25, 0.3) is 0 Å². The van der Waals surface area contributed by atoms with E-state index in [2.05, 4.69) is 30.8 Å². The third-order valence-corrected chi connectivity index (χ3v) is 2.67. The zero-order chi connectivity index (χ0) is 13.2. The van der Waals surface area contributed by atoms with Gasteiger partial charge >= 0.3 is 0 Å². The molecule has 0 aliphatic carbocycles. The van der Waals surface area contributed by atoms with Crippen LogP contribution >= 0.6 is 0 Å². The van der Waals surface area contributed by atoms with Crippen molar-refractivity contribution in [3.8, 4) is 0 Å². The van der Waals surface area contributed by atoms with Gasteiger partial charge in [-0.25, -0.2) is 0 Å². The molecule has 0 aliphatic rings. The lowest BCUT2D eigenvalue weighted by molar-refractivity contribution is 0.100. The number of ketones is 1. The monoisotopic (exact) mass is 237 g/mol. The van der Waals surface area contributed by atoms with Crippen LogP contribution in [0.1, 0.15) is 43.9 Å². The van der Waals surface area contributed by atoms with Crippen molar-refractivity contribution in [1.82, 2.24) is 14.7 Å². The number of aromatic nitrogens is 2. The number of carbonyl (C=O) groups is 1. The van der Waals surface area contributed by atoms with Gasteiger partial charge in [-0.15, -0.1) is 0 Å². The summed E-state index contributed by atoms with van der Waals surface area (Å²) in [5, 5.41) is 4.54. The Morgan fingerprint density at radius 2 is 2.00 bits per heavy atom. The van der Waals surface area contributed by atoms with Gasteiger partial charge in [-0.2, -0.15) is 5.10 Å². The van der Waals surface area contributed by atoms with Gasteiger partial charge in [0.05, 0.1) is 12.2 Å². The van der Waals surface area contributed by atoms with E-state index in [0.717, 1.165) is 18.8 Å². The van der Waals surface area contributed by atoms with Crippen molar-refractivity contribution in [3.63, 3.8) is 0 Å². The third kappa shape index (κ3) is 3.66. The van der Waals surface area contributed by atoms with E-state index in [1.54, 1.807) is 6.92 Å². The molecule has 1 heterocycles. The number of nitrogens with zero attached hydrogens (tertiary/aromatic N) is 3. The molecule has 0 aliphatic heterocycles. The molecule has 0 fully saturated rings. The van der Waals surface area contributed by atoms with Crippen molar-refractivity contribution in [2.75, 3.05) is 20.6 Å². The quantitative estimate of drug-likeness (QED) is 0.751. The molecular formula is C13H23N3O. The maximum atomic E-state index is 11.6. The smallest absolute Gasteiger partial charge is 0.177 e. The molecule has 4 nitrogen and oxygen atoms in total. The summed E-state index contributed by atoms with van der Waals surface area (Å²) in [6.45, 7) is 9.54. The van der Waals surface area contributed by atoms with Crippen molar-refractivity contribution in [2.45, 2.75) is 39.7 Å². The van der Waals surface area contributed by atoms with Crippen LogP contribution in [0.3, 0.4) is 0 Å². The molecule has 1 aromatic rings. The average Bonchev–Trinajstić information content (AvgIpc) is 2.57. The lowest BCUT2D eigenvalue weighted by Gasteiger charge is -2.14. The molecule has 1 aromatic heterocycles. The molecule has 1 rings (SSSR count). The molecule has 0 amide bonds. The van der Waals surface area contributed by atoms with Crippen LogP contribution in [0.15, 0.2) is 6.07 Å². The highest BCUT2D eigenvalue weighted by atomic mass is 16.1. The topological polar surface area (TPSA) is 38.1 Å². The van der Waals surface area contributed by atoms with Gasteiger partial charge in [-0.05, 0) is 20.2 Å². The average molecular weight is 237 g/mol. The first kappa shape index (κ1) is 13.9. The van der Waals surface area contributed by atoms with Gasteiger partial charge in [-0.1, -0.05) is 20.8 Å². The Morgan fingerprint density at radius 1 is 1.41 bits per heavy atom. The highest BCUT2D eigenvalue weighted by Crippen LogP contribution is 2.21. The second-order valence-corrected chi connectivity index (χ2v) is 5.75. The van der Waals surface area contributed by atoms with Crippen LogP contribution in [0.2, 0.25) is 0 Å². The number of rotatable bonds is 4. The van der Waals surface area contributed by atoms with Crippen molar-refractivity contribution < 1.29 is 4.79 Å². The predicted octanol–water partition coefficient (Wildman–Crippen LogP) is 1.94. The van der Waals surface area contributed by atoms with Crippen LogP contribution in [-0.4, -0.2) is 41.1 Å². The Balaban J connectivity index is 3.02. The van der Waals surface area contributed by atoms with Crippen LogP contribution in [0.25, 0.3) is 0 Å². The number of likely N-dealkylation sites (N-methyl/N-ethyl adjacent to an activating group) is 1. The van der Waals surface area contributed by atoms with E-state index in [9.17, 15) is 4.79 Å². The summed E-state index contributed by atoms with van der Waals surface area (Å²) in [7, 11) is 4.03. The molecule has 0 saturated carbocycles. The molecule has 0 bridgehead atoms.